The molecular formula is C21H39NO. The van der Waals surface area contributed by atoms with Crippen molar-refractivity contribution in [3.63, 3.8) is 0 Å². The number of rotatable bonds is 13. The van der Waals surface area contributed by atoms with Crippen LogP contribution in [0.25, 0.3) is 0 Å². The summed E-state index contributed by atoms with van der Waals surface area (Å²) < 4.78 is 1.25. The van der Waals surface area contributed by atoms with E-state index in [1.165, 1.54) is 87.6 Å². The highest BCUT2D eigenvalue weighted by molar-refractivity contribution is 5.13. The van der Waals surface area contributed by atoms with Crippen molar-refractivity contribution in [2.45, 2.75) is 78.7 Å². The van der Waals surface area contributed by atoms with Gasteiger partial charge in [-0.25, -0.2) is 0 Å². The van der Waals surface area contributed by atoms with Crippen LogP contribution in [0.1, 0.15) is 77.7 Å². The van der Waals surface area contributed by atoms with Crippen LogP contribution in [0.5, 0.6) is 0 Å². The first-order chi connectivity index (χ1) is 10.8. The van der Waals surface area contributed by atoms with Crippen molar-refractivity contribution in [2.75, 3.05) is 19.6 Å². The van der Waals surface area contributed by atoms with E-state index in [9.17, 15) is 0 Å². The fraction of sp³-hybridized carbons (Fsp3) is 0.714. The summed E-state index contributed by atoms with van der Waals surface area (Å²) in [6, 6.07) is 11.0. The predicted octanol–water partition coefficient (Wildman–Crippen LogP) is 6.01. The van der Waals surface area contributed by atoms with E-state index in [0.717, 1.165) is 0 Å². The molecule has 1 aromatic rings. The van der Waals surface area contributed by atoms with Gasteiger partial charge in [0, 0.05) is 5.56 Å². The molecule has 0 radical (unpaired) electrons. The Morgan fingerprint density at radius 1 is 0.696 bits per heavy atom. The second kappa shape index (κ2) is 13.6. The number of benzene rings is 1. The van der Waals surface area contributed by atoms with Crippen LogP contribution in [0.3, 0.4) is 0 Å². The molecule has 0 heterocycles. The molecule has 2 nitrogen and oxygen atoms in total. The number of hydrogen-bond acceptors (Lipinski definition) is 1. The molecule has 23 heavy (non-hydrogen) atoms. The Labute approximate surface area is 144 Å². The average Bonchev–Trinajstić information content (AvgIpc) is 2.57. The number of nitrogens with zero attached hydrogens (tertiary/aromatic N) is 1. The van der Waals surface area contributed by atoms with Gasteiger partial charge in [-0.3, -0.25) is 0 Å². The minimum Gasteiger partial charge on any atom is -0.870 e. The van der Waals surface area contributed by atoms with Gasteiger partial charge >= 0.3 is 0 Å². The van der Waals surface area contributed by atoms with E-state index < -0.39 is 0 Å². The van der Waals surface area contributed by atoms with Crippen LogP contribution in [-0.4, -0.2) is 29.6 Å². The third kappa shape index (κ3) is 9.12. The predicted molar refractivity (Wildman–Crippen MR) is 101 cm³/mol. The summed E-state index contributed by atoms with van der Waals surface area (Å²) >= 11 is 0. The van der Waals surface area contributed by atoms with Crippen molar-refractivity contribution in [3.05, 3.63) is 35.9 Å². The monoisotopic (exact) mass is 321 g/mol. The Balaban J connectivity index is 0.00000484. The topological polar surface area (TPSA) is 30.0 Å². The zero-order valence-electron chi connectivity index (χ0n) is 15.8. The van der Waals surface area contributed by atoms with E-state index in [2.05, 4.69) is 51.1 Å². The SMILES string of the molecule is CCCCCCCCCC[N+](CC)(CC)Cc1ccccc1.[OH-]. The molecule has 0 aliphatic heterocycles. The highest BCUT2D eigenvalue weighted by Crippen LogP contribution is 2.17. The standard InChI is InChI=1S/C21H38N.H2O/c1-4-7-8-9-10-11-12-16-19-22(5-2,6-3)20-21-17-14-13-15-18-21;/h13-15,17-18H,4-12,16,19-20H2,1-3H3;1H2/q+1;/p-1. The average molecular weight is 322 g/mol. The number of quaternary nitrogens is 1. The quantitative estimate of drug-likeness (QED) is 0.323. The molecule has 0 fully saturated rings. The van der Waals surface area contributed by atoms with Gasteiger partial charge in [0.05, 0.1) is 19.6 Å². The van der Waals surface area contributed by atoms with Crippen LogP contribution < -0.4 is 0 Å². The first kappa shape index (κ1) is 22.1. The van der Waals surface area contributed by atoms with Crippen LogP contribution in [0.15, 0.2) is 30.3 Å². The summed E-state index contributed by atoms with van der Waals surface area (Å²) in [6.07, 6.45) is 11.3. The summed E-state index contributed by atoms with van der Waals surface area (Å²) in [5, 5.41) is 0. The lowest BCUT2D eigenvalue weighted by molar-refractivity contribution is -0.938. The maximum Gasteiger partial charge on any atom is 0.104 e. The Bertz CT molecular complexity index is 359. The molecule has 0 saturated heterocycles. The van der Waals surface area contributed by atoms with E-state index in [-0.39, 0.29) is 5.48 Å². The van der Waals surface area contributed by atoms with E-state index in [4.69, 9.17) is 0 Å². The first-order valence-electron chi connectivity index (χ1n) is 9.65. The molecule has 0 aliphatic carbocycles. The maximum absolute atomic E-state index is 2.36. The third-order valence-electron chi connectivity index (χ3n) is 5.19. The van der Waals surface area contributed by atoms with Crippen LogP contribution in [0.2, 0.25) is 0 Å². The molecule has 2 heteroatoms. The molecule has 1 N–H and O–H groups in total. The zero-order valence-corrected chi connectivity index (χ0v) is 15.8. The smallest absolute Gasteiger partial charge is 0.104 e. The van der Waals surface area contributed by atoms with Gasteiger partial charge in [0.15, 0.2) is 0 Å². The molecule has 0 amide bonds. The summed E-state index contributed by atoms with van der Waals surface area (Å²) in [6.45, 7) is 12.1. The van der Waals surface area contributed by atoms with Gasteiger partial charge in [-0.15, -0.1) is 0 Å². The van der Waals surface area contributed by atoms with Gasteiger partial charge in [0.1, 0.15) is 6.54 Å². The largest absolute Gasteiger partial charge is 0.870 e. The molecule has 0 unspecified atom stereocenters. The number of hydrogen-bond donors (Lipinski definition) is 0. The van der Waals surface area contributed by atoms with Gasteiger partial charge in [-0.2, -0.15) is 0 Å². The molecule has 1 aromatic carbocycles. The van der Waals surface area contributed by atoms with Gasteiger partial charge in [-0.1, -0.05) is 75.8 Å². The molecule has 1 rings (SSSR count). The minimum absolute atomic E-state index is 0. The van der Waals surface area contributed by atoms with E-state index in [1.807, 2.05) is 0 Å². The normalized spacial score (nSPS) is 11.3. The molecular weight excluding hydrogens is 282 g/mol. The molecule has 0 bridgehead atoms. The lowest BCUT2D eigenvalue weighted by atomic mass is 10.1. The maximum atomic E-state index is 2.36. The second-order valence-corrected chi connectivity index (χ2v) is 6.82. The Kier molecular flexibility index (Phi) is 13.1. The Morgan fingerprint density at radius 2 is 1.22 bits per heavy atom. The summed E-state index contributed by atoms with van der Waals surface area (Å²) in [5.74, 6) is 0. The van der Waals surface area contributed by atoms with E-state index in [1.54, 1.807) is 0 Å². The van der Waals surface area contributed by atoms with Crippen molar-refractivity contribution < 1.29 is 9.96 Å². The molecule has 0 atom stereocenters. The van der Waals surface area contributed by atoms with Crippen LogP contribution in [0.4, 0.5) is 0 Å². The van der Waals surface area contributed by atoms with Crippen LogP contribution in [-0.2, 0) is 6.54 Å². The van der Waals surface area contributed by atoms with Gasteiger partial charge in [-0.05, 0) is 26.7 Å². The second-order valence-electron chi connectivity index (χ2n) is 6.82. The highest BCUT2D eigenvalue weighted by atomic mass is 16.0. The molecule has 0 spiro atoms. The van der Waals surface area contributed by atoms with E-state index in [0.29, 0.717) is 0 Å². The lowest BCUT2D eigenvalue weighted by Crippen LogP contribution is -2.47. The molecule has 134 valence electrons. The van der Waals surface area contributed by atoms with Crippen molar-refractivity contribution in [3.8, 4) is 0 Å². The van der Waals surface area contributed by atoms with Crippen LogP contribution >= 0.6 is 0 Å². The van der Waals surface area contributed by atoms with Crippen molar-refractivity contribution in [2.24, 2.45) is 0 Å². The summed E-state index contributed by atoms with van der Waals surface area (Å²) in [4.78, 5) is 0. The lowest BCUT2D eigenvalue weighted by Gasteiger charge is -2.37. The van der Waals surface area contributed by atoms with Crippen molar-refractivity contribution >= 4 is 0 Å². The molecule has 0 aliphatic rings. The zero-order chi connectivity index (χ0) is 16.1. The third-order valence-corrected chi connectivity index (χ3v) is 5.19. The highest BCUT2D eigenvalue weighted by Gasteiger charge is 2.22. The van der Waals surface area contributed by atoms with Crippen molar-refractivity contribution in [1.82, 2.24) is 0 Å². The van der Waals surface area contributed by atoms with Gasteiger partial charge < -0.3 is 9.96 Å². The van der Waals surface area contributed by atoms with E-state index >= 15 is 0 Å². The Hall–Kier alpha value is -0.860. The summed E-state index contributed by atoms with van der Waals surface area (Å²) in [5.41, 5.74) is 1.49. The molecule has 0 saturated carbocycles. The van der Waals surface area contributed by atoms with Crippen LogP contribution in [0, 0.1) is 0 Å². The minimum atomic E-state index is 0. The Morgan fingerprint density at radius 3 is 1.74 bits per heavy atom. The summed E-state index contributed by atoms with van der Waals surface area (Å²) in [7, 11) is 0. The van der Waals surface area contributed by atoms with Gasteiger partial charge in [0.2, 0.25) is 0 Å². The fourth-order valence-corrected chi connectivity index (χ4v) is 3.39. The molecule has 0 aromatic heterocycles. The van der Waals surface area contributed by atoms with Crippen molar-refractivity contribution in [1.29, 1.82) is 0 Å². The first-order valence-corrected chi connectivity index (χ1v) is 9.65. The fourth-order valence-electron chi connectivity index (χ4n) is 3.39. The number of unbranched alkanes of at least 4 members (excludes halogenated alkanes) is 7. The van der Waals surface area contributed by atoms with Gasteiger partial charge in [0.25, 0.3) is 0 Å².